The normalized spacial score (nSPS) is 19.4. The highest BCUT2D eigenvalue weighted by atomic mass is 15.0. The minimum Gasteiger partial charge on any atom is -0.337 e. The lowest BCUT2D eigenvalue weighted by Gasteiger charge is -2.30. The van der Waals surface area contributed by atoms with E-state index in [9.17, 15) is 0 Å². The highest BCUT2D eigenvalue weighted by molar-refractivity contribution is 4.97. The Labute approximate surface area is 105 Å². The molecule has 1 unspecified atom stereocenters. The van der Waals surface area contributed by atoms with E-state index < -0.39 is 0 Å². The zero-order valence-corrected chi connectivity index (χ0v) is 11.2. The molecule has 17 heavy (non-hydrogen) atoms. The third kappa shape index (κ3) is 3.32. The van der Waals surface area contributed by atoms with Gasteiger partial charge in [-0.3, -0.25) is 0 Å². The topological polar surface area (TPSA) is 29.9 Å². The summed E-state index contributed by atoms with van der Waals surface area (Å²) in [5, 5.41) is 3.72. The van der Waals surface area contributed by atoms with Crippen molar-refractivity contribution in [1.82, 2.24) is 14.9 Å². The van der Waals surface area contributed by atoms with Crippen molar-refractivity contribution in [3.63, 3.8) is 0 Å². The first-order valence-electron chi connectivity index (χ1n) is 7.00. The Kier molecular flexibility index (Phi) is 4.60. The van der Waals surface area contributed by atoms with Crippen molar-refractivity contribution in [2.45, 2.75) is 58.0 Å². The second-order valence-corrected chi connectivity index (χ2v) is 5.29. The Morgan fingerprint density at radius 2 is 2.18 bits per heavy atom. The van der Waals surface area contributed by atoms with Gasteiger partial charge in [-0.15, -0.1) is 0 Å². The van der Waals surface area contributed by atoms with Crippen LogP contribution in [0.15, 0.2) is 12.5 Å². The van der Waals surface area contributed by atoms with Gasteiger partial charge in [-0.1, -0.05) is 26.2 Å². The average molecular weight is 235 g/mol. The quantitative estimate of drug-likeness (QED) is 0.850. The highest BCUT2D eigenvalue weighted by Gasteiger charge is 2.21. The van der Waals surface area contributed by atoms with Crippen LogP contribution in [0.3, 0.4) is 0 Å². The van der Waals surface area contributed by atoms with Gasteiger partial charge in [-0.05, 0) is 25.2 Å². The van der Waals surface area contributed by atoms with Crippen LogP contribution < -0.4 is 5.32 Å². The summed E-state index contributed by atoms with van der Waals surface area (Å²) in [4.78, 5) is 4.16. The van der Waals surface area contributed by atoms with Gasteiger partial charge in [-0.25, -0.2) is 4.98 Å². The predicted molar refractivity (Wildman–Crippen MR) is 70.7 cm³/mol. The molecular formula is C14H25N3. The fourth-order valence-electron chi connectivity index (χ4n) is 2.97. The van der Waals surface area contributed by atoms with Crippen LogP contribution in [0.4, 0.5) is 0 Å². The maximum Gasteiger partial charge on any atom is 0.0945 e. The standard InChI is InChI=1S/C14H25N3/c1-3-14(12-7-5-4-6-8-12)16-10-13-9-15-11-17(13)2/h9,11-12,14,16H,3-8,10H2,1-2H3. The summed E-state index contributed by atoms with van der Waals surface area (Å²) < 4.78 is 2.10. The summed E-state index contributed by atoms with van der Waals surface area (Å²) in [6.45, 7) is 3.25. The lowest BCUT2D eigenvalue weighted by Crippen LogP contribution is -2.36. The number of imidazole rings is 1. The molecule has 0 aromatic carbocycles. The molecule has 3 nitrogen and oxygen atoms in total. The van der Waals surface area contributed by atoms with E-state index in [2.05, 4.69) is 28.8 Å². The van der Waals surface area contributed by atoms with Crippen LogP contribution in [0.5, 0.6) is 0 Å². The number of hydrogen-bond donors (Lipinski definition) is 1. The largest absolute Gasteiger partial charge is 0.337 e. The molecule has 1 N–H and O–H groups in total. The van der Waals surface area contributed by atoms with Crippen LogP contribution in [-0.4, -0.2) is 15.6 Å². The van der Waals surface area contributed by atoms with Crippen LogP contribution in [-0.2, 0) is 13.6 Å². The Balaban J connectivity index is 1.84. The molecule has 1 saturated carbocycles. The van der Waals surface area contributed by atoms with Crippen molar-refractivity contribution >= 4 is 0 Å². The van der Waals surface area contributed by atoms with Gasteiger partial charge >= 0.3 is 0 Å². The zero-order valence-electron chi connectivity index (χ0n) is 11.2. The Morgan fingerprint density at radius 1 is 1.41 bits per heavy atom. The van der Waals surface area contributed by atoms with Gasteiger partial charge in [0.15, 0.2) is 0 Å². The van der Waals surface area contributed by atoms with E-state index in [-0.39, 0.29) is 0 Å². The van der Waals surface area contributed by atoms with Crippen LogP contribution in [0.25, 0.3) is 0 Å². The molecule has 1 aliphatic rings. The second-order valence-electron chi connectivity index (χ2n) is 5.29. The summed E-state index contributed by atoms with van der Waals surface area (Å²) in [6, 6.07) is 0.685. The molecule has 2 rings (SSSR count). The first kappa shape index (κ1) is 12.6. The van der Waals surface area contributed by atoms with Crippen LogP contribution in [0.2, 0.25) is 0 Å². The Hall–Kier alpha value is -0.830. The van der Waals surface area contributed by atoms with Crippen molar-refractivity contribution in [1.29, 1.82) is 0 Å². The molecule has 1 aromatic rings. The van der Waals surface area contributed by atoms with Crippen LogP contribution >= 0.6 is 0 Å². The van der Waals surface area contributed by atoms with Gasteiger partial charge in [0, 0.05) is 25.8 Å². The average Bonchev–Trinajstić information content (AvgIpc) is 2.77. The molecule has 0 saturated heterocycles. The van der Waals surface area contributed by atoms with Crippen LogP contribution in [0.1, 0.15) is 51.1 Å². The summed E-state index contributed by atoms with van der Waals surface area (Å²) in [7, 11) is 2.06. The van der Waals surface area contributed by atoms with Crippen LogP contribution in [0, 0.1) is 5.92 Å². The third-order valence-corrected chi connectivity index (χ3v) is 4.12. The Morgan fingerprint density at radius 3 is 2.76 bits per heavy atom. The summed E-state index contributed by atoms with van der Waals surface area (Å²) >= 11 is 0. The molecule has 1 atom stereocenters. The molecule has 0 aliphatic heterocycles. The predicted octanol–water partition coefficient (Wildman–Crippen LogP) is 2.87. The molecule has 0 bridgehead atoms. The van der Waals surface area contributed by atoms with Gasteiger partial charge in [0.05, 0.1) is 12.0 Å². The molecule has 96 valence electrons. The summed E-state index contributed by atoms with van der Waals surface area (Å²) in [6.07, 6.45) is 12.2. The smallest absolute Gasteiger partial charge is 0.0945 e. The minimum atomic E-state index is 0.685. The number of nitrogens with one attached hydrogen (secondary N) is 1. The van der Waals surface area contributed by atoms with Gasteiger partial charge < -0.3 is 9.88 Å². The highest BCUT2D eigenvalue weighted by Crippen LogP contribution is 2.27. The van der Waals surface area contributed by atoms with E-state index in [0.29, 0.717) is 6.04 Å². The first-order chi connectivity index (χ1) is 8.31. The molecule has 1 heterocycles. The SMILES string of the molecule is CCC(NCc1cncn1C)C1CCCCC1. The number of nitrogens with zero attached hydrogens (tertiary/aromatic N) is 2. The van der Waals surface area contributed by atoms with Crippen molar-refractivity contribution < 1.29 is 0 Å². The molecular weight excluding hydrogens is 210 g/mol. The molecule has 0 radical (unpaired) electrons. The van der Waals surface area contributed by atoms with E-state index in [1.54, 1.807) is 0 Å². The minimum absolute atomic E-state index is 0.685. The van der Waals surface area contributed by atoms with Crippen molar-refractivity contribution in [3.05, 3.63) is 18.2 Å². The molecule has 1 aromatic heterocycles. The number of rotatable bonds is 5. The van der Waals surface area contributed by atoms with E-state index in [1.165, 1.54) is 44.2 Å². The second kappa shape index (κ2) is 6.20. The van der Waals surface area contributed by atoms with E-state index >= 15 is 0 Å². The maximum atomic E-state index is 4.16. The lowest BCUT2D eigenvalue weighted by atomic mass is 9.83. The fraction of sp³-hybridized carbons (Fsp3) is 0.786. The third-order valence-electron chi connectivity index (χ3n) is 4.12. The van der Waals surface area contributed by atoms with Gasteiger partial charge in [0.25, 0.3) is 0 Å². The fourth-order valence-corrected chi connectivity index (χ4v) is 2.97. The summed E-state index contributed by atoms with van der Waals surface area (Å²) in [5.41, 5.74) is 1.28. The zero-order chi connectivity index (χ0) is 12.1. The lowest BCUT2D eigenvalue weighted by molar-refractivity contribution is 0.260. The van der Waals surface area contributed by atoms with E-state index in [0.717, 1.165) is 12.5 Å². The van der Waals surface area contributed by atoms with Crippen molar-refractivity contribution in [3.8, 4) is 0 Å². The number of aryl methyl sites for hydroxylation is 1. The van der Waals surface area contributed by atoms with Crippen molar-refractivity contribution in [2.75, 3.05) is 0 Å². The van der Waals surface area contributed by atoms with Gasteiger partial charge in [0.1, 0.15) is 0 Å². The van der Waals surface area contributed by atoms with E-state index in [4.69, 9.17) is 0 Å². The van der Waals surface area contributed by atoms with Gasteiger partial charge in [0.2, 0.25) is 0 Å². The number of aromatic nitrogens is 2. The first-order valence-corrected chi connectivity index (χ1v) is 7.00. The molecule has 3 heteroatoms. The molecule has 1 fully saturated rings. The maximum absolute atomic E-state index is 4.16. The van der Waals surface area contributed by atoms with E-state index in [1.807, 2.05) is 12.5 Å². The Bertz CT molecular complexity index is 326. The summed E-state index contributed by atoms with van der Waals surface area (Å²) in [5.74, 6) is 0.891. The monoisotopic (exact) mass is 235 g/mol. The van der Waals surface area contributed by atoms with Gasteiger partial charge in [-0.2, -0.15) is 0 Å². The molecule has 0 spiro atoms. The van der Waals surface area contributed by atoms with Crippen molar-refractivity contribution in [2.24, 2.45) is 13.0 Å². The number of hydrogen-bond acceptors (Lipinski definition) is 2. The molecule has 0 amide bonds. The molecule has 1 aliphatic carbocycles.